The van der Waals surface area contributed by atoms with Gasteiger partial charge >= 0.3 is 29.0 Å². The van der Waals surface area contributed by atoms with E-state index in [1.165, 1.54) is 34.1 Å². The molecule has 2 aromatic rings. The van der Waals surface area contributed by atoms with E-state index in [1.807, 2.05) is 0 Å². The quantitative estimate of drug-likeness (QED) is 0.126. The van der Waals surface area contributed by atoms with Crippen molar-refractivity contribution in [3.05, 3.63) is 58.7 Å². The molecule has 0 spiro atoms. The van der Waals surface area contributed by atoms with E-state index in [0.717, 1.165) is 0 Å². The number of nitrogens with zero attached hydrogens (tertiary/aromatic N) is 2. The van der Waals surface area contributed by atoms with Gasteiger partial charge in [0.1, 0.15) is 11.5 Å². The second-order valence-electron chi connectivity index (χ2n) is 8.26. The maximum Gasteiger partial charge on any atom is 2.00 e. The van der Waals surface area contributed by atoms with Crippen molar-refractivity contribution in [2.24, 2.45) is 0 Å². The molecule has 0 aromatic heterocycles. The van der Waals surface area contributed by atoms with E-state index < -0.39 is 63.5 Å². The van der Waals surface area contributed by atoms with Gasteiger partial charge in [-0.05, 0) is 0 Å². The van der Waals surface area contributed by atoms with Crippen LogP contribution in [-0.4, -0.2) is 101 Å². The zero-order valence-corrected chi connectivity index (χ0v) is 21.0. The molecule has 2 aromatic carbocycles. The molecule has 13 heteroatoms. The first kappa shape index (κ1) is 32.3. The first-order chi connectivity index (χ1) is 17.2. The van der Waals surface area contributed by atoms with Crippen LogP contribution < -0.4 is 0 Å². The van der Waals surface area contributed by atoms with Crippen LogP contribution >= 0.6 is 0 Å². The topological polar surface area (TPSA) is 202 Å². The number of phenols is 2. The smallest absolute Gasteiger partial charge is 0.507 e. The molecule has 0 saturated heterocycles. The molecule has 204 valence electrons. The van der Waals surface area contributed by atoms with Gasteiger partial charge in [-0.1, -0.05) is 36.4 Å². The summed E-state index contributed by atoms with van der Waals surface area (Å²) in [6.07, 6.45) is 0. The van der Waals surface area contributed by atoms with E-state index in [-0.39, 0.29) is 63.9 Å². The van der Waals surface area contributed by atoms with Crippen LogP contribution in [0.2, 0.25) is 0 Å². The molecule has 0 unspecified atom stereocenters. The van der Waals surface area contributed by atoms with Gasteiger partial charge in [0.25, 0.3) is 0 Å². The Kier molecular flexibility index (Phi) is 13.5. The van der Waals surface area contributed by atoms with Crippen molar-refractivity contribution in [3.63, 3.8) is 0 Å². The van der Waals surface area contributed by atoms with Gasteiger partial charge in [-0.25, -0.2) is 0 Å². The summed E-state index contributed by atoms with van der Waals surface area (Å²) in [5.41, 5.74) is 0.953. The average Bonchev–Trinajstić information content (AvgIpc) is 2.83. The molecular weight excluding hydrogens is 532 g/mol. The van der Waals surface area contributed by atoms with Gasteiger partial charge in [-0.15, -0.1) is 0 Å². The first-order valence-corrected chi connectivity index (χ1v) is 11.1. The van der Waals surface area contributed by atoms with Crippen molar-refractivity contribution >= 4 is 11.9 Å². The molecule has 0 heterocycles. The van der Waals surface area contributed by atoms with Gasteiger partial charge in [0.2, 0.25) is 0 Å². The molecule has 37 heavy (non-hydrogen) atoms. The van der Waals surface area contributed by atoms with Crippen LogP contribution in [0.3, 0.4) is 0 Å². The van der Waals surface area contributed by atoms with Gasteiger partial charge in [0.05, 0.1) is 51.6 Å². The van der Waals surface area contributed by atoms with Crippen molar-refractivity contribution in [3.8, 4) is 11.5 Å². The SMILES string of the molecule is O=C(O)CN(Cc1cccc(CO)c1O)[C@H](CO)[C@H](CO)N(CC(=O)O)Cc1cccc(CO)c1O.[Fe+2]. The second kappa shape index (κ2) is 15.5. The number of rotatable bonds is 15. The van der Waals surface area contributed by atoms with Crippen LogP contribution in [0.5, 0.6) is 11.5 Å². The number of carboxylic acid groups (broad SMARTS) is 2. The summed E-state index contributed by atoms with van der Waals surface area (Å²) in [5, 5.41) is 79.2. The van der Waals surface area contributed by atoms with Gasteiger partial charge in [-0.3, -0.25) is 19.4 Å². The summed E-state index contributed by atoms with van der Waals surface area (Å²) in [6.45, 7) is -3.86. The Hall–Kier alpha value is -2.74. The number of carbonyl (C=O) groups is 2. The molecule has 12 nitrogen and oxygen atoms in total. The number of aliphatic hydroxyl groups excluding tert-OH is 4. The largest absolute Gasteiger partial charge is 2.00 e. The Bertz CT molecular complexity index is 957. The van der Waals surface area contributed by atoms with E-state index in [4.69, 9.17) is 0 Å². The summed E-state index contributed by atoms with van der Waals surface area (Å²) in [4.78, 5) is 25.8. The summed E-state index contributed by atoms with van der Waals surface area (Å²) in [7, 11) is 0. The van der Waals surface area contributed by atoms with Crippen LogP contribution in [0.1, 0.15) is 22.3 Å². The number of hydrogen-bond acceptors (Lipinski definition) is 10. The molecule has 0 aliphatic carbocycles. The molecule has 2 atom stereocenters. The average molecular weight is 564 g/mol. The van der Waals surface area contributed by atoms with E-state index >= 15 is 0 Å². The molecular formula is C24H32FeN2O10+2. The minimum Gasteiger partial charge on any atom is -0.507 e. The fourth-order valence-corrected chi connectivity index (χ4v) is 4.13. The summed E-state index contributed by atoms with van der Waals surface area (Å²) in [5.74, 6) is -3.02. The molecule has 0 aliphatic rings. The van der Waals surface area contributed by atoms with Crippen molar-refractivity contribution in [2.75, 3.05) is 26.3 Å². The molecule has 0 amide bonds. The molecule has 8 N–H and O–H groups in total. The van der Waals surface area contributed by atoms with Crippen LogP contribution in [0.25, 0.3) is 0 Å². The Morgan fingerprint density at radius 2 is 0.973 bits per heavy atom. The number of carboxylic acids is 2. The number of para-hydroxylation sites is 2. The van der Waals surface area contributed by atoms with Gasteiger partial charge in [-0.2, -0.15) is 0 Å². The van der Waals surface area contributed by atoms with Gasteiger partial charge in [0.15, 0.2) is 0 Å². The standard InChI is InChI=1S/C24H32N2O10.Fe/c27-11-17-5-1-3-15(23(17)35)7-25(9-21(31)32)19(13-29)20(14-30)26(10-22(33)34)8-16-4-2-6-18(12-28)24(16)36;/h1-6,19-20,27-30,35-36H,7-14H2,(H,31,32)(H,33,34);/q;+2/t19-,20+;. The Labute approximate surface area is 224 Å². The first-order valence-electron chi connectivity index (χ1n) is 11.1. The molecule has 0 fully saturated rings. The second-order valence-corrected chi connectivity index (χ2v) is 8.26. The van der Waals surface area contributed by atoms with Crippen molar-refractivity contribution < 1.29 is 67.5 Å². The third kappa shape index (κ3) is 8.66. The normalized spacial score (nSPS) is 12.8. The Morgan fingerprint density at radius 3 is 1.24 bits per heavy atom. The van der Waals surface area contributed by atoms with Gasteiger partial charge < -0.3 is 40.9 Å². The van der Waals surface area contributed by atoms with Crippen LogP contribution in [-0.2, 0) is 53.0 Å². The predicted octanol–water partition coefficient (Wildman–Crippen LogP) is -0.725. The van der Waals surface area contributed by atoms with Crippen LogP contribution in [0.15, 0.2) is 36.4 Å². The maximum atomic E-state index is 11.6. The zero-order chi connectivity index (χ0) is 26.8. The number of aliphatic hydroxyl groups is 4. The van der Waals surface area contributed by atoms with E-state index in [1.54, 1.807) is 12.1 Å². The molecule has 2 rings (SSSR count). The fourth-order valence-electron chi connectivity index (χ4n) is 4.13. The van der Waals surface area contributed by atoms with E-state index in [9.17, 15) is 50.4 Å². The summed E-state index contributed by atoms with van der Waals surface area (Å²) in [6, 6.07) is 6.91. The van der Waals surface area contributed by atoms with Crippen LogP contribution in [0.4, 0.5) is 0 Å². The number of hydrogen-bond donors (Lipinski definition) is 8. The molecule has 0 bridgehead atoms. The van der Waals surface area contributed by atoms with E-state index in [2.05, 4.69) is 0 Å². The zero-order valence-electron chi connectivity index (χ0n) is 19.9. The molecule has 0 radical (unpaired) electrons. The Balaban J connectivity index is 0.00000684. The predicted molar refractivity (Wildman–Crippen MR) is 126 cm³/mol. The third-order valence-corrected chi connectivity index (χ3v) is 5.93. The summed E-state index contributed by atoms with van der Waals surface area (Å²) < 4.78 is 0. The van der Waals surface area contributed by atoms with Crippen molar-refractivity contribution in [1.29, 1.82) is 0 Å². The van der Waals surface area contributed by atoms with Gasteiger partial charge in [0, 0.05) is 35.3 Å². The minimum absolute atomic E-state index is 0. The number of aliphatic carboxylic acids is 2. The molecule has 0 saturated carbocycles. The maximum absolute atomic E-state index is 11.6. The Morgan fingerprint density at radius 1 is 0.649 bits per heavy atom. The van der Waals surface area contributed by atoms with Crippen molar-refractivity contribution in [2.45, 2.75) is 38.4 Å². The minimum atomic E-state index is -1.26. The van der Waals surface area contributed by atoms with Crippen molar-refractivity contribution in [1.82, 2.24) is 9.80 Å². The third-order valence-electron chi connectivity index (χ3n) is 5.93. The van der Waals surface area contributed by atoms with Crippen LogP contribution in [0, 0.1) is 0 Å². The molecule has 0 aliphatic heterocycles. The monoisotopic (exact) mass is 564 g/mol. The number of benzene rings is 2. The van der Waals surface area contributed by atoms with E-state index in [0.29, 0.717) is 0 Å². The fraction of sp³-hybridized carbons (Fsp3) is 0.417. The number of aromatic hydroxyl groups is 2. The summed E-state index contributed by atoms with van der Waals surface area (Å²) >= 11 is 0.